The van der Waals surface area contributed by atoms with E-state index in [2.05, 4.69) is 21.2 Å². The van der Waals surface area contributed by atoms with Gasteiger partial charge in [0, 0.05) is 16.2 Å². The molecular weight excluding hydrogens is 358 g/mol. The molecule has 0 saturated heterocycles. The van der Waals surface area contributed by atoms with E-state index in [-0.39, 0.29) is 5.91 Å². The Labute approximate surface area is 144 Å². The Kier molecular flexibility index (Phi) is 6.23. The highest BCUT2D eigenvalue weighted by atomic mass is 79.9. The first-order valence-electron chi connectivity index (χ1n) is 7.18. The number of halogens is 1. The molecular formula is C18H18BrNO3. The van der Waals surface area contributed by atoms with E-state index in [0.29, 0.717) is 18.1 Å². The molecule has 0 unspecified atom stereocenters. The first-order chi connectivity index (χ1) is 11.1. The van der Waals surface area contributed by atoms with Gasteiger partial charge in [-0.05, 0) is 55.0 Å². The molecule has 0 radical (unpaired) electrons. The molecule has 1 N–H and O–H groups in total. The summed E-state index contributed by atoms with van der Waals surface area (Å²) in [7, 11) is 1.60. The number of nitrogens with one attached hydrogen (secondary N) is 1. The van der Waals surface area contributed by atoms with Gasteiger partial charge in [0.05, 0.1) is 13.7 Å². The van der Waals surface area contributed by atoms with Gasteiger partial charge in [0.15, 0.2) is 11.5 Å². The lowest BCUT2D eigenvalue weighted by molar-refractivity contribution is -0.111. The van der Waals surface area contributed by atoms with Crippen molar-refractivity contribution in [1.82, 2.24) is 0 Å². The molecule has 0 fully saturated rings. The van der Waals surface area contributed by atoms with Crippen LogP contribution in [-0.4, -0.2) is 19.6 Å². The van der Waals surface area contributed by atoms with E-state index in [4.69, 9.17) is 9.47 Å². The summed E-state index contributed by atoms with van der Waals surface area (Å²) in [6.45, 7) is 2.46. The van der Waals surface area contributed by atoms with Gasteiger partial charge in [-0.1, -0.05) is 22.0 Å². The minimum absolute atomic E-state index is 0.193. The average Bonchev–Trinajstić information content (AvgIpc) is 2.56. The van der Waals surface area contributed by atoms with Crippen molar-refractivity contribution in [2.75, 3.05) is 19.0 Å². The zero-order valence-electron chi connectivity index (χ0n) is 13.0. The van der Waals surface area contributed by atoms with Crippen molar-refractivity contribution >= 4 is 33.6 Å². The van der Waals surface area contributed by atoms with Crippen LogP contribution in [0.1, 0.15) is 12.5 Å². The SMILES string of the molecule is CCOc1cc(/C=C/C(=O)Nc2ccc(Br)cc2)ccc1OC. The minimum Gasteiger partial charge on any atom is -0.493 e. The van der Waals surface area contributed by atoms with Gasteiger partial charge >= 0.3 is 0 Å². The molecule has 2 aromatic rings. The van der Waals surface area contributed by atoms with Gasteiger partial charge in [-0.3, -0.25) is 4.79 Å². The predicted molar refractivity (Wildman–Crippen MR) is 96.0 cm³/mol. The van der Waals surface area contributed by atoms with E-state index in [1.807, 2.05) is 49.4 Å². The summed E-state index contributed by atoms with van der Waals surface area (Å²) in [6.07, 6.45) is 3.22. The molecule has 0 aromatic heterocycles. The molecule has 0 aliphatic carbocycles. The third-order valence-electron chi connectivity index (χ3n) is 3.03. The van der Waals surface area contributed by atoms with Crippen molar-refractivity contribution in [3.05, 3.63) is 58.6 Å². The van der Waals surface area contributed by atoms with Gasteiger partial charge in [0.25, 0.3) is 0 Å². The molecule has 120 valence electrons. The quantitative estimate of drug-likeness (QED) is 0.755. The summed E-state index contributed by atoms with van der Waals surface area (Å²) in [5, 5.41) is 2.80. The van der Waals surface area contributed by atoms with E-state index in [9.17, 15) is 4.79 Å². The first kappa shape index (κ1) is 17.1. The van der Waals surface area contributed by atoms with Crippen LogP contribution in [0.4, 0.5) is 5.69 Å². The van der Waals surface area contributed by atoms with Gasteiger partial charge in [0.2, 0.25) is 5.91 Å². The summed E-state index contributed by atoms with van der Waals surface area (Å²) in [4.78, 5) is 11.9. The molecule has 2 rings (SSSR count). The Balaban J connectivity index is 2.05. The lowest BCUT2D eigenvalue weighted by Crippen LogP contribution is -2.07. The Bertz CT molecular complexity index is 696. The third-order valence-corrected chi connectivity index (χ3v) is 3.56. The fraction of sp³-hybridized carbons (Fsp3) is 0.167. The number of carbonyl (C=O) groups is 1. The summed E-state index contributed by atoms with van der Waals surface area (Å²) < 4.78 is 11.7. The van der Waals surface area contributed by atoms with Crippen LogP contribution >= 0.6 is 15.9 Å². The molecule has 0 aliphatic rings. The number of hydrogen-bond acceptors (Lipinski definition) is 3. The van der Waals surface area contributed by atoms with E-state index in [0.717, 1.165) is 15.7 Å². The maximum absolute atomic E-state index is 11.9. The standard InChI is InChI=1S/C18H18BrNO3/c1-3-23-17-12-13(4-10-16(17)22-2)5-11-18(21)20-15-8-6-14(19)7-9-15/h4-12H,3H2,1-2H3,(H,20,21)/b11-5+. The summed E-state index contributed by atoms with van der Waals surface area (Å²) in [5.74, 6) is 1.13. The Hall–Kier alpha value is -2.27. The highest BCUT2D eigenvalue weighted by Gasteiger charge is 2.04. The normalized spacial score (nSPS) is 10.6. The van der Waals surface area contributed by atoms with Crippen LogP contribution in [-0.2, 0) is 4.79 Å². The Morgan fingerprint density at radius 2 is 1.91 bits per heavy atom. The summed E-state index contributed by atoms with van der Waals surface area (Å²) >= 11 is 3.36. The number of hydrogen-bond donors (Lipinski definition) is 1. The van der Waals surface area contributed by atoms with Crippen molar-refractivity contribution in [2.45, 2.75) is 6.92 Å². The van der Waals surface area contributed by atoms with Gasteiger partial charge in [0.1, 0.15) is 0 Å². The number of ether oxygens (including phenoxy) is 2. The number of anilines is 1. The van der Waals surface area contributed by atoms with Crippen molar-refractivity contribution in [3.63, 3.8) is 0 Å². The topological polar surface area (TPSA) is 47.6 Å². The highest BCUT2D eigenvalue weighted by molar-refractivity contribution is 9.10. The first-order valence-corrected chi connectivity index (χ1v) is 7.97. The number of methoxy groups -OCH3 is 1. The van der Waals surface area contributed by atoms with Gasteiger partial charge in [-0.15, -0.1) is 0 Å². The van der Waals surface area contributed by atoms with Crippen molar-refractivity contribution in [1.29, 1.82) is 0 Å². The molecule has 0 aliphatic heterocycles. The van der Waals surface area contributed by atoms with Crippen LogP contribution in [0.2, 0.25) is 0 Å². The molecule has 4 nitrogen and oxygen atoms in total. The average molecular weight is 376 g/mol. The number of rotatable bonds is 6. The molecule has 23 heavy (non-hydrogen) atoms. The largest absolute Gasteiger partial charge is 0.493 e. The van der Waals surface area contributed by atoms with Gasteiger partial charge in [-0.25, -0.2) is 0 Å². The Morgan fingerprint density at radius 1 is 1.17 bits per heavy atom. The fourth-order valence-corrected chi connectivity index (χ4v) is 2.22. The zero-order valence-corrected chi connectivity index (χ0v) is 14.6. The lowest BCUT2D eigenvalue weighted by atomic mass is 10.2. The second-order valence-electron chi connectivity index (χ2n) is 4.67. The predicted octanol–water partition coefficient (Wildman–Crippen LogP) is 4.51. The molecule has 2 aromatic carbocycles. The second-order valence-corrected chi connectivity index (χ2v) is 5.59. The van der Waals surface area contributed by atoms with Crippen LogP contribution < -0.4 is 14.8 Å². The number of benzene rings is 2. The van der Waals surface area contributed by atoms with Crippen LogP contribution in [0.15, 0.2) is 53.0 Å². The molecule has 5 heteroatoms. The van der Waals surface area contributed by atoms with Crippen molar-refractivity contribution in [2.24, 2.45) is 0 Å². The summed E-state index contributed by atoms with van der Waals surface area (Å²) in [5.41, 5.74) is 1.60. The van der Waals surface area contributed by atoms with E-state index in [1.54, 1.807) is 13.2 Å². The number of amides is 1. The highest BCUT2D eigenvalue weighted by Crippen LogP contribution is 2.28. The summed E-state index contributed by atoms with van der Waals surface area (Å²) in [6, 6.07) is 12.9. The van der Waals surface area contributed by atoms with Gasteiger partial charge < -0.3 is 14.8 Å². The lowest BCUT2D eigenvalue weighted by Gasteiger charge is -2.09. The molecule has 0 bridgehead atoms. The molecule has 0 atom stereocenters. The maximum Gasteiger partial charge on any atom is 0.248 e. The van der Waals surface area contributed by atoms with Crippen LogP contribution in [0.25, 0.3) is 6.08 Å². The van der Waals surface area contributed by atoms with Crippen LogP contribution in [0.5, 0.6) is 11.5 Å². The molecule has 0 spiro atoms. The number of carbonyl (C=O) groups excluding carboxylic acids is 1. The molecule has 0 saturated carbocycles. The van der Waals surface area contributed by atoms with E-state index >= 15 is 0 Å². The third kappa shape index (κ3) is 5.14. The van der Waals surface area contributed by atoms with Crippen LogP contribution in [0.3, 0.4) is 0 Å². The smallest absolute Gasteiger partial charge is 0.248 e. The van der Waals surface area contributed by atoms with Gasteiger partial charge in [-0.2, -0.15) is 0 Å². The fourth-order valence-electron chi connectivity index (χ4n) is 1.95. The molecule has 1 amide bonds. The van der Waals surface area contributed by atoms with Crippen molar-refractivity contribution in [3.8, 4) is 11.5 Å². The minimum atomic E-state index is -0.193. The second kappa shape index (κ2) is 8.39. The maximum atomic E-state index is 11.9. The van der Waals surface area contributed by atoms with E-state index in [1.165, 1.54) is 6.08 Å². The van der Waals surface area contributed by atoms with Crippen molar-refractivity contribution < 1.29 is 14.3 Å². The molecule has 0 heterocycles. The Morgan fingerprint density at radius 3 is 2.57 bits per heavy atom. The van der Waals surface area contributed by atoms with Crippen LogP contribution in [0, 0.1) is 0 Å². The monoisotopic (exact) mass is 375 g/mol. The zero-order chi connectivity index (χ0) is 16.7. The van der Waals surface area contributed by atoms with E-state index < -0.39 is 0 Å².